The highest BCUT2D eigenvalue weighted by molar-refractivity contribution is 5.71. The molecule has 0 aliphatic heterocycles. The van der Waals surface area contributed by atoms with Crippen LogP contribution in [0.1, 0.15) is 11.1 Å². The van der Waals surface area contributed by atoms with Crippen LogP contribution in [-0.2, 0) is 22.7 Å². The van der Waals surface area contributed by atoms with E-state index in [-0.39, 0.29) is 19.1 Å². The van der Waals surface area contributed by atoms with Crippen molar-refractivity contribution in [2.45, 2.75) is 13.2 Å². The number of nitrogens with one attached hydrogen (secondary N) is 2. The molecule has 128 valence electrons. The topological polar surface area (TPSA) is 79.4 Å². The molecule has 24 heavy (non-hydrogen) atoms. The van der Waals surface area contributed by atoms with Crippen LogP contribution in [-0.4, -0.2) is 43.6 Å². The van der Waals surface area contributed by atoms with Crippen molar-refractivity contribution in [2.24, 2.45) is 0 Å². The molecule has 0 atom stereocenters. The second-order valence-electron chi connectivity index (χ2n) is 5.29. The Bertz CT molecular complexity index is 678. The zero-order valence-corrected chi connectivity index (χ0v) is 14.2. The van der Waals surface area contributed by atoms with Crippen molar-refractivity contribution in [3.05, 3.63) is 47.8 Å². The van der Waals surface area contributed by atoms with Crippen molar-refractivity contribution in [2.75, 3.05) is 37.9 Å². The van der Waals surface area contributed by atoms with Crippen LogP contribution in [0.5, 0.6) is 0 Å². The molecule has 0 aliphatic carbocycles. The summed E-state index contributed by atoms with van der Waals surface area (Å²) in [6.45, 7) is 1.02. The Morgan fingerprint density at radius 3 is 2.58 bits per heavy atom. The maximum absolute atomic E-state index is 11.5. The van der Waals surface area contributed by atoms with E-state index in [9.17, 15) is 4.79 Å². The molecule has 2 N–H and O–H groups in total. The van der Waals surface area contributed by atoms with Gasteiger partial charge in [-0.3, -0.25) is 4.79 Å². The molecule has 0 aliphatic rings. The summed E-state index contributed by atoms with van der Waals surface area (Å²) in [7, 11) is 5.50. The standard InChI is InChI=1S/C17H23N5O2/c1-18-10-15(23)24-12-14-7-5-9-21-17(14)22(3)11-13-6-4-8-20-16(13)19-2/h4-9,18H,10-12H2,1-3H3,(H,19,20). The maximum atomic E-state index is 11.5. The van der Waals surface area contributed by atoms with E-state index in [1.807, 2.05) is 43.3 Å². The van der Waals surface area contributed by atoms with Crippen molar-refractivity contribution in [1.82, 2.24) is 15.3 Å². The number of pyridine rings is 2. The third-order valence-corrected chi connectivity index (χ3v) is 3.47. The fraction of sp³-hybridized carbons (Fsp3) is 0.353. The number of hydrogen-bond donors (Lipinski definition) is 2. The number of aromatic nitrogens is 2. The Balaban J connectivity index is 2.11. The van der Waals surface area contributed by atoms with Crippen LogP contribution in [0.3, 0.4) is 0 Å². The number of likely N-dealkylation sites (N-methyl/N-ethyl adjacent to an activating group) is 1. The molecule has 0 radical (unpaired) electrons. The fourth-order valence-corrected chi connectivity index (χ4v) is 2.36. The zero-order chi connectivity index (χ0) is 17.4. The van der Waals surface area contributed by atoms with Gasteiger partial charge in [-0.15, -0.1) is 0 Å². The average molecular weight is 329 g/mol. The van der Waals surface area contributed by atoms with E-state index in [1.165, 1.54) is 0 Å². The first kappa shape index (κ1) is 17.7. The number of hydrogen-bond acceptors (Lipinski definition) is 7. The van der Waals surface area contributed by atoms with E-state index in [0.717, 1.165) is 22.8 Å². The summed E-state index contributed by atoms with van der Waals surface area (Å²) in [6.07, 6.45) is 3.48. The Morgan fingerprint density at radius 2 is 1.88 bits per heavy atom. The second-order valence-corrected chi connectivity index (χ2v) is 5.29. The molecule has 0 spiro atoms. The lowest BCUT2D eigenvalue weighted by Crippen LogP contribution is -2.23. The van der Waals surface area contributed by atoms with Gasteiger partial charge >= 0.3 is 5.97 Å². The van der Waals surface area contributed by atoms with Gasteiger partial charge in [0.1, 0.15) is 18.2 Å². The number of ether oxygens (including phenoxy) is 1. The van der Waals surface area contributed by atoms with Crippen molar-refractivity contribution in [1.29, 1.82) is 0 Å². The molecule has 0 unspecified atom stereocenters. The zero-order valence-electron chi connectivity index (χ0n) is 14.2. The van der Waals surface area contributed by atoms with E-state index in [4.69, 9.17) is 4.74 Å². The van der Waals surface area contributed by atoms with E-state index in [0.29, 0.717) is 6.54 Å². The highest BCUT2D eigenvalue weighted by Crippen LogP contribution is 2.21. The lowest BCUT2D eigenvalue weighted by Gasteiger charge is -2.22. The summed E-state index contributed by atoms with van der Waals surface area (Å²) in [5, 5.41) is 5.86. The van der Waals surface area contributed by atoms with Crippen LogP contribution in [0.4, 0.5) is 11.6 Å². The van der Waals surface area contributed by atoms with Gasteiger partial charge < -0.3 is 20.3 Å². The van der Waals surface area contributed by atoms with Crippen molar-refractivity contribution in [3.63, 3.8) is 0 Å². The van der Waals surface area contributed by atoms with Gasteiger partial charge in [0.15, 0.2) is 0 Å². The van der Waals surface area contributed by atoms with Gasteiger partial charge in [0.25, 0.3) is 0 Å². The van der Waals surface area contributed by atoms with Crippen molar-refractivity contribution >= 4 is 17.6 Å². The Morgan fingerprint density at radius 1 is 1.17 bits per heavy atom. The molecule has 2 aromatic rings. The molecule has 7 nitrogen and oxygen atoms in total. The normalized spacial score (nSPS) is 10.3. The van der Waals surface area contributed by atoms with Crippen LogP contribution >= 0.6 is 0 Å². The SMILES string of the molecule is CNCC(=O)OCc1cccnc1N(C)Cc1cccnc1NC. The highest BCUT2D eigenvalue weighted by atomic mass is 16.5. The van der Waals surface area contributed by atoms with Gasteiger partial charge in [-0.1, -0.05) is 12.1 Å². The molecular formula is C17H23N5O2. The molecule has 0 amide bonds. The van der Waals surface area contributed by atoms with E-state index in [2.05, 4.69) is 20.6 Å². The van der Waals surface area contributed by atoms with Gasteiger partial charge in [-0.25, -0.2) is 9.97 Å². The highest BCUT2D eigenvalue weighted by Gasteiger charge is 2.13. The van der Waals surface area contributed by atoms with Crippen molar-refractivity contribution in [3.8, 4) is 0 Å². The van der Waals surface area contributed by atoms with Gasteiger partial charge in [-0.05, 0) is 19.2 Å². The van der Waals surface area contributed by atoms with Crippen LogP contribution in [0.25, 0.3) is 0 Å². The van der Waals surface area contributed by atoms with Gasteiger partial charge in [-0.2, -0.15) is 0 Å². The quantitative estimate of drug-likeness (QED) is 0.709. The molecule has 0 saturated carbocycles. The Kier molecular flexibility index (Phi) is 6.51. The number of rotatable bonds is 8. The third kappa shape index (κ3) is 4.66. The number of esters is 1. The smallest absolute Gasteiger partial charge is 0.320 e. The monoisotopic (exact) mass is 329 g/mol. The summed E-state index contributed by atoms with van der Waals surface area (Å²) >= 11 is 0. The number of carbonyl (C=O) groups is 1. The lowest BCUT2D eigenvalue weighted by atomic mass is 10.2. The minimum absolute atomic E-state index is 0.187. The largest absolute Gasteiger partial charge is 0.460 e. The predicted octanol–water partition coefficient (Wildman–Crippen LogP) is 1.42. The minimum Gasteiger partial charge on any atom is -0.460 e. The van der Waals surface area contributed by atoms with Crippen molar-refractivity contribution < 1.29 is 9.53 Å². The molecule has 0 saturated heterocycles. The summed E-state index contributed by atoms with van der Waals surface area (Å²) < 4.78 is 5.26. The molecule has 0 fully saturated rings. The summed E-state index contributed by atoms with van der Waals surface area (Å²) in [5.74, 6) is 1.32. The number of anilines is 2. The van der Waals surface area contributed by atoms with Crippen LogP contribution in [0.2, 0.25) is 0 Å². The Hall–Kier alpha value is -2.67. The number of nitrogens with zero attached hydrogens (tertiary/aromatic N) is 3. The summed E-state index contributed by atoms with van der Waals surface area (Å²) in [4.78, 5) is 22.3. The molecule has 2 aromatic heterocycles. The molecule has 0 aromatic carbocycles. The van der Waals surface area contributed by atoms with Crippen LogP contribution < -0.4 is 15.5 Å². The van der Waals surface area contributed by atoms with E-state index >= 15 is 0 Å². The first-order valence-corrected chi connectivity index (χ1v) is 7.72. The van der Waals surface area contributed by atoms with Gasteiger partial charge in [0, 0.05) is 44.2 Å². The van der Waals surface area contributed by atoms with E-state index < -0.39 is 0 Å². The Labute approximate surface area is 142 Å². The number of carbonyl (C=O) groups excluding carboxylic acids is 1. The first-order valence-electron chi connectivity index (χ1n) is 7.72. The fourth-order valence-electron chi connectivity index (χ4n) is 2.36. The first-order chi connectivity index (χ1) is 11.7. The third-order valence-electron chi connectivity index (χ3n) is 3.47. The summed E-state index contributed by atoms with van der Waals surface area (Å²) in [6, 6.07) is 7.67. The summed E-state index contributed by atoms with van der Waals surface area (Å²) in [5.41, 5.74) is 1.92. The van der Waals surface area contributed by atoms with E-state index in [1.54, 1.807) is 19.4 Å². The molecule has 7 heteroatoms. The van der Waals surface area contributed by atoms with Crippen LogP contribution in [0.15, 0.2) is 36.7 Å². The molecular weight excluding hydrogens is 306 g/mol. The predicted molar refractivity (Wildman–Crippen MR) is 93.9 cm³/mol. The molecule has 2 rings (SSSR count). The maximum Gasteiger partial charge on any atom is 0.320 e. The van der Waals surface area contributed by atoms with Gasteiger partial charge in [0.2, 0.25) is 0 Å². The molecule has 0 bridgehead atoms. The van der Waals surface area contributed by atoms with Crippen LogP contribution in [0, 0.1) is 0 Å². The second kappa shape index (κ2) is 8.83. The molecule has 2 heterocycles. The average Bonchev–Trinajstić information content (AvgIpc) is 2.61. The lowest BCUT2D eigenvalue weighted by molar-refractivity contribution is -0.143. The van der Waals surface area contributed by atoms with Gasteiger partial charge in [0.05, 0.1) is 6.54 Å². The minimum atomic E-state index is -0.292.